The minimum Gasteiger partial charge on any atom is -0.376 e. The first-order valence-corrected chi connectivity index (χ1v) is 5.25. The average molecular weight is 343 g/mol. The summed E-state index contributed by atoms with van der Waals surface area (Å²) in [6, 6.07) is 0. The standard InChI is InChI=1S/C10H21N3O2.HI/c1-10(2,3)13-9(11)12-6-8-7-14-4-5-15-8;/h8H,4-7H2,1-3H3,(H3,11,12,13);1H. The van der Waals surface area contributed by atoms with Crippen molar-refractivity contribution in [3.8, 4) is 0 Å². The maximum atomic E-state index is 5.72. The van der Waals surface area contributed by atoms with Crippen LogP contribution in [0.3, 0.4) is 0 Å². The van der Waals surface area contributed by atoms with Gasteiger partial charge in [0.05, 0.1) is 26.4 Å². The van der Waals surface area contributed by atoms with Gasteiger partial charge in [0.15, 0.2) is 5.96 Å². The number of rotatable bonds is 2. The van der Waals surface area contributed by atoms with Crippen molar-refractivity contribution >= 4 is 29.9 Å². The van der Waals surface area contributed by atoms with E-state index in [0.29, 0.717) is 32.3 Å². The summed E-state index contributed by atoms with van der Waals surface area (Å²) < 4.78 is 10.7. The lowest BCUT2D eigenvalue weighted by Crippen LogP contribution is -2.45. The van der Waals surface area contributed by atoms with E-state index in [9.17, 15) is 0 Å². The van der Waals surface area contributed by atoms with E-state index in [0.717, 1.165) is 0 Å². The average Bonchev–Trinajstić information content (AvgIpc) is 2.14. The van der Waals surface area contributed by atoms with Crippen molar-refractivity contribution in [1.82, 2.24) is 5.32 Å². The Kier molecular flexibility index (Phi) is 7.25. The molecule has 96 valence electrons. The summed E-state index contributed by atoms with van der Waals surface area (Å²) in [5, 5.41) is 3.09. The minimum absolute atomic E-state index is 0. The zero-order valence-corrected chi connectivity index (χ0v) is 12.5. The van der Waals surface area contributed by atoms with Crippen LogP contribution < -0.4 is 11.1 Å². The fourth-order valence-electron chi connectivity index (χ4n) is 1.27. The molecule has 0 bridgehead atoms. The van der Waals surface area contributed by atoms with Crippen LogP contribution in [0.25, 0.3) is 0 Å². The predicted molar refractivity (Wildman–Crippen MR) is 75.4 cm³/mol. The lowest BCUT2D eigenvalue weighted by molar-refractivity contribution is -0.0832. The van der Waals surface area contributed by atoms with E-state index in [1.807, 2.05) is 20.8 Å². The zero-order valence-electron chi connectivity index (χ0n) is 10.2. The molecule has 5 nitrogen and oxygen atoms in total. The Morgan fingerprint density at radius 2 is 2.12 bits per heavy atom. The monoisotopic (exact) mass is 343 g/mol. The highest BCUT2D eigenvalue weighted by Gasteiger charge is 2.14. The Bertz CT molecular complexity index is 223. The number of ether oxygens (including phenoxy) is 2. The molecule has 0 aromatic heterocycles. The van der Waals surface area contributed by atoms with Crippen molar-refractivity contribution in [3.63, 3.8) is 0 Å². The molecule has 0 saturated carbocycles. The highest BCUT2D eigenvalue weighted by Crippen LogP contribution is 2.01. The second-order valence-corrected chi connectivity index (χ2v) is 4.67. The van der Waals surface area contributed by atoms with Gasteiger partial charge in [-0.05, 0) is 20.8 Å². The second-order valence-electron chi connectivity index (χ2n) is 4.67. The molecule has 1 aliphatic rings. The Morgan fingerprint density at radius 1 is 1.44 bits per heavy atom. The molecule has 1 aliphatic heterocycles. The summed E-state index contributed by atoms with van der Waals surface area (Å²) in [5.74, 6) is 0.455. The Labute approximate surface area is 114 Å². The topological polar surface area (TPSA) is 68.9 Å². The van der Waals surface area contributed by atoms with Crippen LogP contribution in [-0.4, -0.2) is 44.0 Å². The highest BCUT2D eigenvalue weighted by atomic mass is 127. The Hall–Kier alpha value is -0.0800. The third-order valence-electron chi connectivity index (χ3n) is 1.85. The van der Waals surface area contributed by atoms with Crippen LogP contribution in [0.4, 0.5) is 0 Å². The molecule has 0 aromatic carbocycles. The molecular weight excluding hydrogens is 321 g/mol. The summed E-state index contributed by atoms with van der Waals surface area (Å²) in [5.41, 5.74) is 5.66. The molecule has 1 saturated heterocycles. The third kappa shape index (κ3) is 7.24. The fraction of sp³-hybridized carbons (Fsp3) is 0.900. The molecule has 1 heterocycles. The fourth-order valence-corrected chi connectivity index (χ4v) is 1.27. The van der Waals surface area contributed by atoms with E-state index in [1.165, 1.54) is 0 Å². The molecule has 0 spiro atoms. The van der Waals surface area contributed by atoms with Crippen molar-refractivity contribution in [1.29, 1.82) is 0 Å². The Balaban J connectivity index is 0.00000225. The van der Waals surface area contributed by atoms with Crippen molar-refractivity contribution in [2.24, 2.45) is 10.7 Å². The lowest BCUT2D eigenvalue weighted by Gasteiger charge is -2.23. The molecule has 1 fully saturated rings. The van der Waals surface area contributed by atoms with Crippen molar-refractivity contribution in [2.45, 2.75) is 32.4 Å². The van der Waals surface area contributed by atoms with Gasteiger partial charge >= 0.3 is 0 Å². The molecular formula is C10H22IN3O2. The van der Waals surface area contributed by atoms with Gasteiger partial charge in [0, 0.05) is 5.54 Å². The molecule has 0 aliphatic carbocycles. The maximum absolute atomic E-state index is 5.72. The van der Waals surface area contributed by atoms with Gasteiger partial charge < -0.3 is 20.5 Å². The van der Waals surface area contributed by atoms with Gasteiger partial charge in [-0.3, -0.25) is 4.99 Å². The number of halogens is 1. The van der Waals surface area contributed by atoms with Crippen LogP contribution >= 0.6 is 24.0 Å². The van der Waals surface area contributed by atoms with Crippen LogP contribution in [0.5, 0.6) is 0 Å². The summed E-state index contributed by atoms with van der Waals surface area (Å²) >= 11 is 0. The van der Waals surface area contributed by atoms with E-state index in [1.54, 1.807) is 0 Å². The number of nitrogens with one attached hydrogen (secondary N) is 1. The van der Waals surface area contributed by atoms with Crippen molar-refractivity contribution < 1.29 is 9.47 Å². The predicted octanol–water partition coefficient (Wildman–Crippen LogP) is 0.723. The number of hydrogen-bond acceptors (Lipinski definition) is 3. The maximum Gasteiger partial charge on any atom is 0.189 e. The summed E-state index contributed by atoms with van der Waals surface area (Å²) in [6.07, 6.45) is 0.0408. The second kappa shape index (κ2) is 7.29. The van der Waals surface area contributed by atoms with Crippen LogP contribution in [-0.2, 0) is 9.47 Å². The van der Waals surface area contributed by atoms with Gasteiger partial charge in [0.1, 0.15) is 6.10 Å². The van der Waals surface area contributed by atoms with Crippen molar-refractivity contribution in [2.75, 3.05) is 26.4 Å². The smallest absolute Gasteiger partial charge is 0.189 e. The number of nitrogens with two attached hydrogens (primary N) is 1. The van der Waals surface area contributed by atoms with Gasteiger partial charge in [-0.2, -0.15) is 0 Å². The summed E-state index contributed by atoms with van der Waals surface area (Å²) in [4.78, 5) is 4.21. The quantitative estimate of drug-likeness (QED) is 0.441. The van der Waals surface area contributed by atoms with E-state index in [4.69, 9.17) is 15.2 Å². The third-order valence-corrected chi connectivity index (χ3v) is 1.85. The van der Waals surface area contributed by atoms with E-state index >= 15 is 0 Å². The van der Waals surface area contributed by atoms with Crippen LogP contribution in [0.2, 0.25) is 0 Å². The van der Waals surface area contributed by atoms with Gasteiger partial charge in [-0.1, -0.05) is 0 Å². The largest absolute Gasteiger partial charge is 0.376 e. The summed E-state index contributed by atoms with van der Waals surface area (Å²) in [6.45, 7) is 8.59. The summed E-state index contributed by atoms with van der Waals surface area (Å²) in [7, 11) is 0. The first-order chi connectivity index (χ1) is 6.97. The molecule has 0 amide bonds. The molecule has 16 heavy (non-hydrogen) atoms. The zero-order chi connectivity index (χ0) is 11.3. The molecule has 0 radical (unpaired) electrons. The number of aliphatic imine (C=N–C) groups is 1. The van der Waals surface area contributed by atoms with Gasteiger partial charge in [-0.25, -0.2) is 0 Å². The SMILES string of the molecule is CC(C)(C)NC(N)=NCC1COCCO1.I. The molecule has 3 N–H and O–H groups in total. The first kappa shape index (κ1) is 15.9. The number of nitrogens with zero attached hydrogens (tertiary/aromatic N) is 1. The molecule has 1 atom stereocenters. The van der Waals surface area contributed by atoms with Gasteiger partial charge in [0.25, 0.3) is 0 Å². The molecule has 1 rings (SSSR count). The van der Waals surface area contributed by atoms with E-state index in [-0.39, 0.29) is 35.6 Å². The van der Waals surface area contributed by atoms with Gasteiger partial charge in [-0.15, -0.1) is 24.0 Å². The minimum atomic E-state index is -0.0580. The Morgan fingerprint density at radius 3 is 2.62 bits per heavy atom. The molecule has 0 aromatic rings. The van der Waals surface area contributed by atoms with Crippen LogP contribution in [0, 0.1) is 0 Å². The van der Waals surface area contributed by atoms with Crippen LogP contribution in [0.15, 0.2) is 4.99 Å². The number of guanidine groups is 1. The normalized spacial score (nSPS) is 22.4. The first-order valence-electron chi connectivity index (χ1n) is 5.25. The van der Waals surface area contributed by atoms with E-state index < -0.39 is 0 Å². The lowest BCUT2D eigenvalue weighted by atomic mass is 10.1. The highest BCUT2D eigenvalue weighted by molar-refractivity contribution is 14.0. The number of hydrogen-bond donors (Lipinski definition) is 2. The molecule has 6 heteroatoms. The van der Waals surface area contributed by atoms with Crippen molar-refractivity contribution in [3.05, 3.63) is 0 Å². The molecule has 1 unspecified atom stereocenters. The van der Waals surface area contributed by atoms with Gasteiger partial charge in [0.2, 0.25) is 0 Å². The van der Waals surface area contributed by atoms with Crippen LogP contribution in [0.1, 0.15) is 20.8 Å². The van der Waals surface area contributed by atoms with E-state index in [2.05, 4.69) is 10.3 Å².